The first kappa shape index (κ1) is 14.0. The summed E-state index contributed by atoms with van der Waals surface area (Å²) in [6, 6.07) is 9.41. The van der Waals surface area contributed by atoms with Gasteiger partial charge in [0.15, 0.2) is 5.76 Å². The zero-order valence-electron chi connectivity index (χ0n) is 11.4. The van der Waals surface area contributed by atoms with Crippen molar-refractivity contribution >= 4 is 11.6 Å². The van der Waals surface area contributed by atoms with Crippen LogP contribution in [-0.4, -0.2) is 20.1 Å². The second kappa shape index (κ2) is 6.12. The molecule has 1 heterocycles. The van der Waals surface area contributed by atoms with Crippen LogP contribution in [0.3, 0.4) is 0 Å². The maximum Gasteiger partial charge on any atom is 0.301 e. The summed E-state index contributed by atoms with van der Waals surface area (Å²) in [6.45, 7) is 0.500. The molecule has 3 N–H and O–H groups in total. The third-order valence-electron chi connectivity index (χ3n) is 2.99. The van der Waals surface area contributed by atoms with E-state index < -0.39 is 5.91 Å². The van der Waals surface area contributed by atoms with Crippen molar-refractivity contribution in [1.29, 1.82) is 0 Å². The van der Waals surface area contributed by atoms with Crippen LogP contribution in [0.5, 0.6) is 5.75 Å². The van der Waals surface area contributed by atoms with Crippen LogP contribution in [0.25, 0.3) is 0 Å². The second-order valence-corrected chi connectivity index (χ2v) is 4.28. The molecule has 1 aromatic heterocycles. The lowest BCUT2D eigenvalue weighted by Gasteiger charge is -2.21. The molecule has 6 heteroatoms. The van der Waals surface area contributed by atoms with Crippen LogP contribution in [0, 0.1) is 0 Å². The van der Waals surface area contributed by atoms with E-state index in [1.54, 1.807) is 13.2 Å². The number of para-hydroxylation sites is 2. The van der Waals surface area contributed by atoms with Gasteiger partial charge in [-0.1, -0.05) is 12.1 Å². The monoisotopic (exact) mass is 275 g/mol. The molecule has 1 aromatic carbocycles. The molecule has 0 unspecified atom stereocenters. The largest absolute Gasteiger partial charge is 0.495 e. The number of anilines is 1. The average molecular weight is 275 g/mol. The minimum Gasteiger partial charge on any atom is -0.495 e. The molecule has 0 aliphatic heterocycles. The third kappa shape index (κ3) is 2.75. The molecule has 0 atom stereocenters. The van der Waals surface area contributed by atoms with Gasteiger partial charge in [0, 0.05) is 19.2 Å². The zero-order chi connectivity index (χ0) is 14.5. The van der Waals surface area contributed by atoms with Crippen LogP contribution in [0.4, 0.5) is 5.69 Å². The van der Waals surface area contributed by atoms with Crippen molar-refractivity contribution in [2.24, 2.45) is 5.84 Å². The maximum atomic E-state index is 11.6. The molecule has 0 aliphatic rings. The molecule has 106 valence electrons. The summed E-state index contributed by atoms with van der Waals surface area (Å²) in [4.78, 5) is 13.5. The topological polar surface area (TPSA) is 80.7 Å². The summed E-state index contributed by atoms with van der Waals surface area (Å²) < 4.78 is 10.5. The van der Waals surface area contributed by atoms with Gasteiger partial charge in [-0.2, -0.15) is 0 Å². The van der Waals surface area contributed by atoms with E-state index >= 15 is 0 Å². The third-order valence-corrected chi connectivity index (χ3v) is 2.99. The van der Waals surface area contributed by atoms with Gasteiger partial charge in [-0.05, 0) is 18.2 Å². The average Bonchev–Trinajstić information content (AvgIpc) is 2.94. The molecular formula is C14H17N3O3. The van der Waals surface area contributed by atoms with Gasteiger partial charge in [-0.3, -0.25) is 10.2 Å². The molecule has 0 bridgehead atoms. The highest BCUT2D eigenvalue weighted by Gasteiger charge is 2.16. The smallest absolute Gasteiger partial charge is 0.301 e. The number of amides is 1. The molecule has 0 radical (unpaired) electrons. The number of methoxy groups -OCH3 is 1. The first-order chi connectivity index (χ1) is 9.67. The summed E-state index contributed by atoms with van der Waals surface area (Å²) in [5, 5.41) is 0. The van der Waals surface area contributed by atoms with E-state index in [1.165, 1.54) is 6.26 Å². The highest BCUT2D eigenvalue weighted by atomic mass is 16.5. The number of carbonyl (C=O) groups is 1. The van der Waals surface area contributed by atoms with Crippen molar-refractivity contribution in [2.75, 3.05) is 19.1 Å². The van der Waals surface area contributed by atoms with Crippen molar-refractivity contribution in [3.8, 4) is 5.75 Å². The van der Waals surface area contributed by atoms with Gasteiger partial charge in [0.1, 0.15) is 5.75 Å². The van der Waals surface area contributed by atoms with E-state index in [2.05, 4.69) is 5.43 Å². The van der Waals surface area contributed by atoms with E-state index in [1.807, 2.05) is 36.2 Å². The second-order valence-electron chi connectivity index (χ2n) is 4.28. The van der Waals surface area contributed by atoms with Crippen molar-refractivity contribution in [3.63, 3.8) is 0 Å². The van der Waals surface area contributed by atoms with Crippen LogP contribution in [-0.2, 0) is 6.54 Å². The molecule has 0 saturated heterocycles. The van der Waals surface area contributed by atoms with Crippen molar-refractivity contribution < 1.29 is 13.9 Å². The Kier molecular flexibility index (Phi) is 4.27. The zero-order valence-corrected chi connectivity index (χ0v) is 11.4. The Bertz CT molecular complexity index is 595. The Balaban J connectivity index is 2.22. The summed E-state index contributed by atoms with van der Waals surface area (Å²) >= 11 is 0. The van der Waals surface area contributed by atoms with Crippen molar-refractivity contribution in [2.45, 2.75) is 6.54 Å². The number of benzene rings is 1. The van der Waals surface area contributed by atoms with Crippen molar-refractivity contribution in [3.05, 3.63) is 47.9 Å². The first-order valence-electron chi connectivity index (χ1n) is 6.08. The van der Waals surface area contributed by atoms with E-state index in [9.17, 15) is 4.79 Å². The maximum absolute atomic E-state index is 11.6. The number of hydrogen-bond donors (Lipinski definition) is 2. The number of nitrogens with one attached hydrogen (secondary N) is 1. The minimum atomic E-state index is -0.446. The molecule has 0 fully saturated rings. The molecule has 20 heavy (non-hydrogen) atoms. The number of rotatable bonds is 5. The molecule has 2 rings (SSSR count). The molecule has 1 amide bonds. The fraction of sp³-hybridized carbons (Fsp3) is 0.214. The van der Waals surface area contributed by atoms with E-state index in [4.69, 9.17) is 15.0 Å². The van der Waals surface area contributed by atoms with Gasteiger partial charge in [-0.15, -0.1) is 0 Å². The normalized spacial score (nSPS) is 10.2. The number of hydrogen-bond acceptors (Lipinski definition) is 5. The number of hydrazine groups is 1. The molecule has 2 aromatic rings. The standard InChI is InChI=1S/C14H17N3O3/c1-17(11-5-3-4-6-12(11)19-2)9-10-7-8-20-13(10)14(18)16-15/h3-8H,9,15H2,1-2H3,(H,16,18). The predicted molar refractivity (Wildman–Crippen MR) is 75.5 cm³/mol. The Hall–Kier alpha value is -2.47. The van der Waals surface area contributed by atoms with Gasteiger partial charge in [0.2, 0.25) is 0 Å². The van der Waals surface area contributed by atoms with E-state index in [-0.39, 0.29) is 5.76 Å². The highest BCUT2D eigenvalue weighted by molar-refractivity contribution is 5.92. The van der Waals surface area contributed by atoms with Gasteiger partial charge in [0.05, 0.1) is 19.1 Å². The van der Waals surface area contributed by atoms with Crippen LogP contribution in [0.1, 0.15) is 16.1 Å². The highest BCUT2D eigenvalue weighted by Crippen LogP contribution is 2.28. The number of nitrogen functional groups attached to an aromatic ring is 1. The lowest BCUT2D eigenvalue weighted by molar-refractivity contribution is 0.0924. The lowest BCUT2D eigenvalue weighted by Crippen LogP contribution is -2.31. The Morgan fingerprint density at radius 1 is 1.40 bits per heavy atom. The number of nitrogens with zero attached hydrogens (tertiary/aromatic N) is 1. The fourth-order valence-electron chi connectivity index (χ4n) is 2.01. The van der Waals surface area contributed by atoms with E-state index in [0.717, 1.165) is 17.0 Å². The molecule has 6 nitrogen and oxygen atoms in total. The van der Waals surface area contributed by atoms with Gasteiger partial charge < -0.3 is 14.1 Å². The minimum absolute atomic E-state index is 0.217. The Morgan fingerprint density at radius 3 is 2.85 bits per heavy atom. The molecule has 0 saturated carbocycles. The SMILES string of the molecule is COc1ccccc1N(C)Cc1ccoc1C(=O)NN. The Morgan fingerprint density at radius 2 is 2.15 bits per heavy atom. The van der Waals surface area contributed by atoms with Crippen LogP contribution in [0.2, 0.25) is 0 Å². The van der Waals surface area contributed by atoms with E-state index in [0.29, 0.717) is 6.54 Å². The van der Waals surface area contributed by atoms with Gasteiger partial charge in [-0.25, -0.2) is 5.84 Å². The molecule has 0 spiro atoms. The quantitative estimate of drug-likeness (QED) is 0.491. The van der Waals surface area contributed by atoms with Gasteiger partial charge in [0.25, 0.3) is 0 Å². The van der Waals surface area contributed by atoms with Crippen LogP contribution >= 0.6 is 0 Å². The Labute approximate surface area is 117 Å². The summed E-state index contributed by atoms with van der Waals surface area (Å²) in [7, 11) is 3.53. The predicted octanol–water partition coefficient (Wildman–Crippen LogP) is 1.53. The summed E-state index contributed by atoms with van der Waals surface area (Å²) in [5.41, 5.74) is 3.74. The molecule has 0 aliphatic carbocycles. The first-order valence-corrected chi connectivity index (χ1v) is 6.08. The molecular weight excluding hydrogens is 258 g/mol. The van der Waals surface area contributed by atoms with Crippen LogP contribution in [0.15, 0.2) is 41.0 Å². The number of carbonyl (C=O) groups excluding carboxylic acids is 1. The fourth-order valence-corrected chi connectivity index (χ4v) is 2.01. The van der Waals surface area contributed by atoms with Crippen molar-refractivity contribution in [1.82, 2.24) is 5.43 Å². The summed E-state index contributed by atoms with van der Waals surface area (Å²) in [5.74, 6) is 5.66. The number of furan rings is 1. The lowest BCUT2D eigenvalue weighted by atomic mass is 10.2. The van der Waals surface area contributed by atoms with Crippen LogP contribution < -0.4 is 20.9 Å². The number of nitrogens with two attached hydrogens (primary N) is 1. The van der Waals surface area contributed by atoms with Gasteiger partial charge >= 0.3 is 5.91 Å². The summed E-state index contributed by atoms with van der Waals surface area (Å²) in [6.07, 6.45) is 1.47. The number of ether oxygens (including phenoxy) is 1.